The fraction of sp³-hybridized carbons (Fsp3) is 0.933. The van der Waals surface area contributed by atoms with Crippen molar-refractivity contribution in [2.75, 3.05) is 32.8 Å². The second kappa shape index (κ2) is 7.25. The lowest BCUT2D eigenvalue weighted by Crippen LogP contribution is -2.46. The fourth-order valence-corrected chi connectivity index (χ4v) is 3.00. The molecule has 4 heteroatoms. The van der Waals surface area contributed by atoms with E-state index in [0.29, 0.717) is 18.5 Å². The highest BCUT2D eigenvalue weighted by atomic mass is 16.5. The molecule has 4 nitrogen and oxygen atoms in total. The summed E-state index contributed by atoms with van der Waals surface area (Å²) in [5.74, 6) is 1.70. The van der Waals surface area contributed by atoms with Gasteiger partial charge in [0.25, 0.3) is 0 Å². The molecule has 0 spiro atoms. The van der Waals surface area contributed by atoms with Crippen molar-refractivity contribution in [1.82, 2.24) is 10.2 Å². The minimum Gasteiger partial charge on any atom is -0.381 e. The third-order valence-electron chi connectivity index (χ3n) is 4.68. The average Bonchev–Trinajstić information content (AvgIpc) is 2.46. The molecule has 0 radical (unpaired) electrons. The Labute approximate surface area is 116 Å². The Balaban J connectivity index is 1.67. The van der Waals surface area contributed by atoms with Gasteiger partial charge in [0.1, 0.15) is 0 Å². The van der Waals surface area contributed by atoms with Crippen LogP contribution in [0, 0.1) is 11.8 Å². The van der Waals surface area contributed by atoms with Crippen LogP contribution in [0.3, 0.4) is 0 Å². The first-order valence-electron chi connectivity index (χ1n) is 7.75. The van der Waals surface area contributed by atoms with E-state index >= 15 is 0 Å². The normalized spacial score (nSPS) is 24.4. The molecule has 1 amide bonds. The fourth-order valence-electron chi connectivity index (χ4n) is 3.00. The number of carbonyl (C=O) groups excluding carboxylic acids is 1. The van der Waals surface area contributed by atoms with Gasteiger partial charge in [-0.3, -0.25) is 4.79 Å². The Kier molecular flexibility index (Phi) is 5.64. The monoisotopic (exact) mass is 268 g/mol. The van der Waals surface area contributed by atoms with Crippen molar-refractivity contribution in [3.63, 3.8) is 0 Å². The third-order valence-corrected chi connectivity index (χ3v) is 4.68. The summed E-state index contributed by atoms with van der Waals surface area (Å²) in [6, 6.07) is 0.413. The minimum atomic E-state index is 0.269. The van der Waals surface area contributed by atoms with Gasteiger partial charge in [0.2, 0.25) is 5.91 Å². The third kappa shape index (κ3) is 4.46. The minimum absolute atomic E-state index is 0.269. The number of ether oxygens (including phenoxy) is 1. The molecule has 2 rings (SSSR count). The predicted octanol–water partition coefficient (Wildman–Crippen LogP) is 1.65. The van der Waals surface area contributed by atoms with E-state index in [1.54, 1.807) is 0 Å². The van der Waals surface area contributed by atoms with Crippen LogP contribution in [0.15, 0.2) is 0 Å². The van der Waals surface area contributed by atoms with Crippen LogP contribution in [0.1, 0.15) is 39.5 Å². The van der Waals surface area contributed by atoms with Crippen LogP contribution in [0.4, 0.5) is 0 Å². The standard InChI is InChI=1S/C15H28N2O2/c1-12-3-7-17(8-4-12)15(18)11-16-13(2)14-5-9-19-10-6-14/h12-14,16H,3-11H2,1-2H3. The van der Waals surface area contributed by atoms with E-state index in [4.69, 9.17) is 4.74 Å². The van der Waals surface area contributed by atoms with Crippen molar-refractivity contribution in [2.24, 2.45) is 11.8 Å². The van der Waals surface area contributed by atoms with Crippen molar-refractivity contribution >= 4 is 5.91 Å². The maximum absolute atomic E-state index is 12.1. The van der Waals surface area contributed by atoms with Gasteiger partial charge < -0.3 is 15.0 Å². The van der Waals surface area contributed by atoms with E-state index in [1.807, 2.05) is 4.90 Å². The van der Waals surface area contributed by atoms with Crippen LogP contribution in [0.25, 0.3) is 0 Å². The highest BCUT2D eigenvalue weighted by molar-refractivity contribution is 5.78. The number of amides is 1. The van der Waals surface area contributed by atoms with Crippen molar-refractivity contribution in [3.8, 4) is 0 Å². The second-order valence-electron chi connectivity index (χ2n) is 6.18. The molecule has 0 aliphatic carbocycles. The Hall–Kier alpha value is -0.610. The maximum Gasteiger partial charge on any atom is 0.236 e. The Morgan fingerprint density at radius 1 is 1.26 bits per heavy atom. The molecule has 1 atom stereocenters. The molecule has 1 N–H and O–H groups in total. The summed E-state index contributed by atoms with van der Waals surface area (Å²) in [5, 5.41) is 3.41. The van der Waals surface area contributed by atoms with Gasteiger partial charge in [-0.1, -0.05) is 6.92 Å². The number of rotatable bonds is 4. The lowest BCUT2D eigenvalue weighted by atomic mass is 9.93. The molecular weight excluding hydrogens is 240 g/mol. The van der Waals surface area contributed by atoms with E-state index < -0.39 is 0 Å². The molecule has 0 saturated carbocycles. The van der Waals surface area contributed by atoms with Crippen LogP contribution < -0.4 is 5.32 Å². The molecular formula is C15H28N2O2. The molecule has 2 aliphatic rings. The number of carbonyl (C=O) groups is 1. The Bertz CT molecular complexity index is 282. The van der Waals surface area contributed by atoms with Crippen molar-refractivity contribution < 1.29 is 9.53 Å². The summed E-state index contributed by atoms with van der Waals surface area (Å²) in [7, 11) is 0. The molecule has 2 fully saturated rings. The second-order valence-corrected chi connectivity index (χ2v) is 6.18. The number of nitrogens with zero attached hydrogens (tertiary/aromatic N) is 1. The summed E-state index contributed by atoms with van der Waals surface area (Å²) < 4.78 is 5.38. The van der Waals surface area contributed by atoms with Crippen LogP contribution >= 0.6 is 0 Å². The predicted molar refractivity (Wildman–Crippen MR) is 76.0 cm³/mol. The van der Waals surface area contributed by atoms with Gasteiger partial charge in [0.15, 0.2) is 0 Å². The Morgan fingerprint density at radius 3 is 2.53 bits per heavy atom. The van der Waals surface area contributed by atoms with E-state index in [9.17, 15) is 4.79 Å². The zero-order chi connectivity index (χ0) is 13.7. The summed E-state index contributed by atoms with van der Waals surface area (Å²) in [6.07, 6.45) is 4.54. The Morgan fingerprint density at radius 2 is 1.89 bits per heavy atom. The lowest BCUT2D eigenvalue weighted by molar-refractivity contribution is -0.131. The summed E-state index contributed by atoms with van der Waals surface area (Å²) in [4.78, 5) is 14.1. The molecule has 2 aliphatic heterocycles. The first-order chi connectivity index (χ1) is 9.16. The highest BCUT2D eigenvalue weighted by Crippen LogP contribution is 2.19. The van der Waals surface area contributed by atoms with Crippen LogP contribution in [-0.2, 0) is 9.53 Å². The number of hydrogen-bond acceptors (Lipinski definition) is 3. The average molecular weight is 268 g/mol. The molecule has 0 aromatic rings. The van der Waals surface area contributed by atoms with Gasteiger partial charge in [-0.25, -0.2) is 0 Å². The molecule has 0 aromatic carbocycles. The van der Waals surface area contributed by atoms with Gasteiger partial charge in [-0.15, -0.1) is 0 Å². The van der Waals surface area contributed by atoms with Gasteiger partial charge in [0.05, 0.1) is 6.54 Å². The van der Waals surface area contributed by atoms with Crippen molar-refractivity contribution in [3.05, 3.63) is 0 Å². The summed E-state index contributed by atoms with van der Waals surface area (Å²) in [6.45, 7) is 8.58. The van der Waals surface area contributed by atoms with E-state index in [0.717, 1.165) is 57.9 Å². The van der Waals surface area contributed by atoms with E-state index in [2.05, 4.69) is 19.2 Å². The first-order valence-corrected chi connectivity index (χ1v) is 7.75. The summed E-state index contributed by atoms with van der Waals surface area (Å²) >= 11 is 0. The van der Waals surface area contributed by atoms with Gasteiger partial charge >= 0.3 is 0 Å². The molecule has 0 bridgehead atoms. The van der Waals surface area contributed by atoms with Gasteiger partial charge in [-0.2, -0.15) is 0 Å². The molecule has 110 valence electrons. The SMILES string of the molecule is CC1CCN(C(=O)CNC(C)C2CCOCC2)CC1. The van der Waals surface area contributed by atoms with Gasteiger partial charge in [0, 0.05) is 32.3 Å². The van der Waals surface area contributed by atoms with Crippen LogP contribution in [-0.4, -0.2) is 49.7 Å². The molecule has 1 unspecified atom stereocenters. The van der Waals surface area contributed by atoms with Crippen molar-refractivity contribution in [1.29, 1.82) is 0 Å². The zero-order valence-electron chi connectivity index (χ0n) is 12.4. The molecule has 2 saturated heterocycles. The molecule has 2 heterocycles. The lowest BCUT2D eigenvalue weighted by Gasteiger charge is -2.32. The highest BCUT2D eigenvalue weighted by Gasteiger charge is 2.23. The smallest absolute Gasteiger partial charge is 0.236 e. The number of nitrogens with one attached hydrogen (secondary N) is 1. The van der Waals surface area contributed by atoms with E-state index in [1.165, 1.54) is 0 Å². The maximum atomic E-state index is 12.1. The van der Waals surface area contributed by atoms with E-state index in [-0.39, 0.29) is 5.91 Å². The number of likely N-dealkylation sites (tertiary alicyclic amines) is 1. The zero-order valence-corrected chi connectivity index (χ0v) is 12.4. The van der Waals surface area contributed by atoms with Crippen molar-refractivity contribution in [2.45, 2.75) is 45.6 Å². The number of hydrogen-bond donors (Lipinski definition) is 1. The van der Waals surface area contributed by atoms with Crippen LogP contribution in [0.2, 0.25) is 0 Å². The van der Waals surface area contributed by atoms with Gasteiger partial charge in [-0.05, 0) is 44.4 Å². The largest absolute Gasteiger partial charge is 0.381 e. The topological polar surface area (TPSA) is 41.6 Å². The number of piperidine rings is 1. The molecule has 0 aromatic heterocycles. The summed E-state index contributed by atoms with van der Waals surface area (Å²) in [5.41, 5.74) is 0. The van der Waals surface area contributed by atoms with Crippen LogP contribution in [0.5, 0.6) is 0 Å². The first kappa shape index (κ1) is 14.8. The molecule has 19 heavy (non-hydrogen) atoms. The quantitative estimate of drug-likeness (QED) is 0.843.